The average molecular weight is 225 g/mol. The number of carbonyl (C=O) groups is 2. The van der Waals surface area contributed by atoms with Crippen molar-refractivity contribution in [2.24, 2.45) is 11.8 Å². The standard InChI is InChI=1S/C11H15NO4/c13-4-7-1-6-2-9-10(16-5-15-9)3-8(6)12-11(7)14/h4,6-10H,1-3,5H2,(H,12,14). The van der Waals surface area contributed by atoms with Crippen molar-refractivity contribution in [3.05, 3.63) is 0 Å². The fourth-order valence-corrected chi connectivity index (χ4v) is 3.05. The molecule has 5 atom stereocenters. The summed E-state index contributed by atoms with van der Waals surface area (Å²) in [5.41, 5.74) is 0. The fourth-order valence-electron chi connectivity index (χ4n) is 3.05. The number of nitrogens with one attached hydrogen (secondary N) is 1. The minimum Gasteiger partial charge on any atom is -0.352 e. The largest absolute Gasteiger partial charge is 0.352 e. The van der Waals surface area contributed by atoms with Crippen LogP contribution in [0.3, 0.4) is 0 Å². The normalized spacial score (nSPS) is 46.8. The predicted octanol–water partition coefficient (Wildman–Crippen LogP) is -0.159. The topological polar surface area (TPSA) is 64.6 Å². The van der Waals surface area contributed by atoms with Crippen LogP contribution in [-0.4, -0.2) is 37.2 Å². The van der Waals surface area contributed by atoms with E-state index in [1.165, 1.54) is 0 Å². The number of fused-ring (bicyclic) bond motifs is 2. The van der Waals surface area contributed by atoms with Crippen molar-refractivity contribution in [3.8, 4) is 0 Å². The van der Waals surface area contributed by atoms with Crippen LogP contribution >= 0.6 is 0 Å². The van der Waals surface area contributed by atoms with Crippen LogP contribution in [0.5, 0.6) is 0 Å². The molecule has 0 bridgehead atoms. The van der Waals surface area contributed by atoms with Crippen LogP contribution < -0.4 is 5.32 Å². The predicted molar refractivity (Wildman–Crippen MR) is 53.4 cm³/mol. The summed E-state index contributed by atoms with van der Waals surface area (Å²) in [7, 11) is 0. The van der Waals surface area contributed by atoms with Crippen LogP contribution in [0.4, 0.5) is 0 Å². The van der Waals surface area contributed by atoms with Gasteiger partial charge in [-0.1, -0.05) is 0 Å². The van der Waals surface area contributed by atoms with Gasteiger partial charge in [-0.2, -0.15) is 0 Å². The Balaban J connectivity index is 1.73. The maximum Gasteiger partial charge on any atom is 0.230 e. The van der Waals surface area contributed by atoms with Crippen LogP contribution in [0.1, 0.15) is 19.3 Å². The van der Waals surface area contributed by atoms with E-state index in [-0.39, 0.29) is 24.2 Å². The zero-order valence-electron chi connectivity index (χ0n) is 8.93. The Kier molecular flexibility index (Phi) is 2.44. The highest BCUT2D eigenvalue weighted by atomic mass is 16.7. The van der Waals surface area contributed by atoms with Gasteiger partial charge in [-0.25, -0.2) is 0 Å². The molecule has 0 aromatic heterocycles. The van der Waals surface area contributed by atoms with Gasteiger partial charge >= 0.3 is 0 Å². The Labute approximate surface area is 93.5 Å². The minimum atomic E-state index is -0.472. The second kappa shape index (κ2) is 3.82. The summed E-state index contributed by atoms with van der Waals surface area (Å²) >= 11 is 0. The van der Waals surface area contributed by atoms with Crippen LogP contribution in [0.2, 0.25) is 0 Å². The van der Waals surface area contributed by atoms with Crippen molar-refractivity contribution in [1.29, 1.82) is 0 Å². The molecule has 0 spiro atoms. The Hall–Kier alpha value is -0.940. The summed E-state index contributed by atoms with van der Waals surface area (Å²) in [6.45, 7) is 0.361. The Bertz CT molecular complexity index is 319. The summed E-state index contributed by atoms with van der Waals surface area (Å²) in [6, 6.07) is 0.159. The highest BCUT2D eigenvalue weighted by Crippen LogP contribution is 2.37. The van der Waals surface area contributed by atoms with E-state index < -0.39 is 5.92 Å². The van der Waals surface area contributed by atoms with Crippen LogP contribution in [0.15, 0.2) is 0 Å². The van der Waals surface area contributed by atoms with Crippen LogP contribution in [-0.2, 0) is 19.1 Å². The molecule has 5 nitrogen and oxygen atoms in total. The quantitative estimate of drug-likeness (QED) is 0.497. The highest BCUT2D eigenvalue weighted by molar-refractivity contribution is 5.92. The zero-order chi connectivity index (χ0) is 11.1. The number of rotatable bonds is 1. The third kappa shape index (κ3) is 1.55. The molecular weight excluding hydrogens is 210 g/mol. The first-order valence-corrected chi connectivity index (χ1v) is 5.77. The van der Waals surface area contributed by atoms with E-state index >= 15 is 0 Å². The van der Waals surface area contributed by atoms with Gasteiger partial charge in [0.15, 0.2) is 0 Å². The summed E-state index contributed by atoms with van der Waals surface area (Å²) in [5.74, 6) is -0.246. The van der Waals surface area contributed by atoms with Crippen molar-refractivity contribution < 1.29 is 19.1 Å². The van der Waals surface area contributed by atoms with E-state index in [0.29, 0.717) is 19.1 Å². The molecule has 2 heterocycles. The Morgan fingerprint density at radius 2 is 1.94 bits per heavy atom. The Morgan fingerprint density at radius 1 is 1.19 bits per heavy atom. The molecule has 2 saturated heterocycles. The molecular formula is C11H15NO4. The van der Waals surface area contributed by atoms with Crippen molar-refractivity contribution >= 4 is 12.2 Å². The first-order chi connectivity index (χ1) is 7.78. The fraction of sp³-hybridized carbons (Fsp3) is 0.818. The van der Waals surface area contributed by atoms with E-state index in [4.69, 9.17) is 9.47 Å². The van der Waals surface area contributed by atoms with Gasteiger partial charge in [0.05, 0.1) is 18.1 Å². The summed E-state index contributed by atoms with van der Waals surface area (Å²) in [6.07, 6.45) is 3.39. The van der Waals surface area contributed by atoms with Gasteiger partial charge in [-0.3, -0.25) is 4.79 Å². The average Bonchev–Trinajstić information content (AvgIpc) is 2.72. The number of amides is 1. The third-order valence-corrected chi connectivity index (χ3v) is 3.95. The van der Waals surface area contributed by atoms with Crippen molar-refractivity contribution in [1.82, 2.24) is 5.32 Å². The van der Waals surface area contributed by atoms with Gasteiger partial charge in [0.2, 0.25) is 5.91 Å². The smallest absolute Gasteiger partial charge is 0.230 e. The molecule has 1 N–H and O–H groups in total. The summed E-state index contributed by atoms with van der Waals surface area (Å²) < 4.78 is 10.9. The Morgan fingerprint density at radius 3 is 2.69 bits per heavy atom. The molecule has 1 aliphatic carbocycles. The lowest BCUT2D eigenvalue weighted by Gasteiger charge is -2.41. The number of carbonyl (C=O) groups excluding carboxylic acids is 2. The van der Waals surface area contributed by atoms with E-state index in [9.17, 15) is 9.59 Å². The molecule has 2 aliphatic heterocycles. The van der Waals surface area contributed by atoms with Gasteiger partial charge in [0.25, 0.3) is 0 Å². The van der Waals surface area contributed by atoms with Gasteiger partial charge in [0.1, 0.15) is 13.1 Å². The molecule has 16 heavy (non-hydrogen) atoms. The van der Waals surface area contributed by atoms with E-state index in [1.807, 2.05) is 0 Å². The molecule has 0 radical (unpaired) electrons. The maximum atomic E-state index is 11.6. The number of aldehydes is 1. The van der Waals surface area contributed by atoms with Crippen molar-refractivity contribution in [2.45, 2.75) is 37.5 Å². The first-order valence-electron chi connectivity index (χ1n) is 5.77. The van der Waals surface area contributed by atoms with Gasteiger partial charge < -0.3 is 19.6 Å². The maximum absolute atomic E-state index is 11.6. The van der Waals surface area contributed by atoms with Crippen molar-refractivity contribution in [2.75, 3.05) is 6.79 Å². The van der Waals surface area contributed by atoms with Crippen molar-refractivity contribution in [3.63, 3.8) is 0 Å². The van der Waals surface area contributed by atoms with Crippen LogP contribution in [0.25, 0.3) is 0 Å². The molecule has 3 fully saturated rings. The number of hydrogen-bond donors (Lipinski definition) is 1. The molecule has 1 saturated carbocycles. The molecule has 0 aromatic carbocycles. The summed E-state index contributed by atoms with van der Waals surface area (Å²) in [5, 5.41) is 2.93. The number of piperidine rings is 1. The first kappa shape index (κ1) is 10.2. The number of hydrogen-bond acceptors (Lipinski definition) is 4. The lowest BCUT2D eigenvalue weighted by atomic mass is 9.74. The van der Waals surface area contributed by atoms with Crippen LogP contribution in [0, 0.1) is 11.8 Å². The molecule has 5 heteroatoms. The highest BCUT2D eigenvalue weighted by Gasteiger charge is 2.45. The SMILES string of the molecule is O=CC1CC2CC3OCOC3CC2NC1=O. The molecule has 3 aliphatic rings. The monoisotopic (exact) mass is 225 g/mol. The molecule has 0 aromatic rings. The summed E-state index contributed by atoms with van der Waals surface area (Å²) in [4.78, 5) is 22.3. The van der Waals surface area contributed by atoms with E-state index in [1.54, 1.807) is 0 Å². The number of ether oxygens (including phenoxy) is 2. The molecule has 3 rings (SSSR count). The third-order valence-electron chi connectivity index (χ3n) is 3.95. The van der Waals surface area contributed by atoms with Gasteiger partial charge in [0, 0.05) is 6.04 Å². The van der Waals surface area contributed by atoms with E-state index in [2.05, 4.69) is 5.32 Å². The molecule has 5 unspecified atom stereocenters. The molecule has 88 valence electrons. The second-order valence-corrected chi connectivity index (χ2v) is 4.85. The lowest BCUT2D eigenvalue weighted by Crippen LogP contribution is -2.55. The van der Waals surface area contributed by atoms with Gasteiger partial charge in [-0.15, -0.1) is 0 Å². The minimum absolute atomic E-state index is 0.120. The van der Waals surface area contributed by atoms with E-state index in [0.717, 1.165) is 19.1 Å². The second-order valence-electron chi connectivity index (χ2n) is 4.85. The zero-order valence-corrected chi connectivity index (χ0v) is 8.93. The van der Waals surface area contributed by atoms with Gasteiger partial charge in [-0.05, 0) is 25.2 Å². The molecule has 1 amide bonds. The lowest BCUT2D eigenvalue weighted by molar-refractivity contribution is -0.134.